The van der Waals surface area contributed by atoms with Gasteiger partial charge in [-0.05, 0) is 187 Å². The molecular formula is C70H54N4. The lowest BCUT2D eigenvalue weighted by Gasteiger charge is -2.38. The Kier molecular flexibility index (Phi) is 9.44. The van der Waals surface area contributed by atoms with E-state index in [4.69, 9.17) is 0 Å². The molecule has 0 atom stereocenters. The highest BCUT2D eigenvalue weighted by Crippen LogP contribution is 2.56. The summed E-state index contributed by atoms with van der Waals surface area (Å²) in [5.74, 6) is 0. The third-order valence-electron chi connectivity index (χ3n) is 16.9. The standard InChI is InChI=1S/C70H54N4/c1-70(2)58-22-7-6-20-51(58)55-41-47(35-40-59(55)70)44-31-33-46(34-32-44)68-53-38-36-48(73-62-25-10-8-23-60(62)71-61-24-9-11-26-63(61)73)43-57(53)69(52-21-16-18-45-17-4-5-19-50(45)52)54-39-37-49(42-56(54)68)74-66-29-14-12-27-64(66)72(3)65-28-13-15-30-67(65)74/h4-5,8-19,21,23-43,71H,6-7,20,22H2,1-3H3. The molecule has 0 aromatic heterocycles. The van der Waals surface area contributed by atoms with Crippen molar-refractivity contribution in [3.63, 3.8) is 0 Å². The van der Waals surface area contributed by atoms with E-state index in [-0.39, 0.29) is 5.41 Å². The van der Waals surface area contributed by atoms with Gasteiger partial charge < -0.3 is 20.0 Å². The summed E-state index contributed by atoms with van der Waals surface area (Å²) in [6.07, 6.45) is 4.98. The summed E-state index contributed by atoms with van der Waals surface area (Å²) >= 11 is 0. The second-order valence-corrected chi connectivity index (χ2v) is 21.2. The molecule has 15 rings (SSSR count). The number of anilines is 10. The number of nitrogens with one attached hydrogen (secondary N) is 1. The molecule has 2 aliphatic carbocycles. The van der Waals surface area contributed by atoms with Gasteiger partial charge in [0.25, 0.3) is 0 Å². The highest BCUT2D eigenvalue weighted by molar-refractivity contribution is 6.25. The second kappa shape index (κ2) is 16.3. The van der Waals surface area contributed by atoms with Gasteiger partial charge in [0.2, 0.25) is 0 Å². The van der Waals surface area contributed by atoms with Crippen LogP contribution in [0, 0.1) is 0 Å². The van der Waals surface area contributed by atoms with Crippen molar-refractivity contribution < 1.29 is 0 Å². The molecule has 11 aromatic rings. The fourth-order valence-electron chi connectivity index (χ4n) is 13.4. The van der Waals surface area contributed by atoms with Crippen LogP contribution in [0.3, 0.4) is 0 Å². The molecule has 0 saturated carbocycles. The van der Waals surface area contributed by atoms with Gasteiger partial charge in [0.1, 0.15) is 0 Å². The van der Waals surface area contributed by atoms with Crippen LogP contribution in [-0.4, -0.2) is 7.05 Å². The summed E-state index contributed by atoms with van der Waals surface area (Å²) in [5.41, 5.74) is 25.0. The molecule has 0 radical (unpaired) electrons. The van der Waals surface area contributed by atoms with Crippen molar-refractivity contribution in [1.82, 2.24) is 0 Å². The van der Waals surface area contributed by atoms with Crippen molar-refractivity contribution in [3.8, 4) is 33.4 Å². The predicted molar refractivity (Wildman–Crippen MR) is 314 cm³/mol. The number of hydrogen-bond donors (Lipinski definition) is 1. The third-order valence-corrected chi connectivity index (χ3v) is 16.9. The maximum absolute atomic E-state index is 3.73. The van der Waals surface area contributed by atoms with Crippen molar-refractivity contribution in [3.05, 3.63) is 235 Å². The van der Waals surface area contributed by atoms with E-state index in [1.54, 1.807) is 11.1 Å². The first-order valence-corrected chi connectivity index (χ1v) is 26.4. The van der Waals surface area contributed by atoms with Gasteiger partial charge in [-0.1, -0.05) is 159 Å². The van der Waals surface area contributed by atoms with Crippen LogP contribution in [0.4, 0.5) is 56.9 Å². The highest BCUT2D eigenvalue weighted by atomic mass is 15.3. The monoisotopic (exact) mass is 950 g/mol. The Morgan fingerprint density at radius 2 is 0.919 bits per heavy atom. The Balaban J connectivity index is 1.00. The average molecular weight is 951 g/mol. The molecule has 0 unspecified atom stereocenters. The molecule has 0 bridgehead atoms. The van der Waals surface area contributed by atoms with Crippen LogP contribution >= 0.6 is 0 Å². The van der Waals surface area contributed by atoms with E-state index >= 15 is 0 Å². The lowest BCUT2D eigenvalue weighted by molar-refractivity contribution is 0.574. The van der Waals surface area contributed by atoms with Gasteiger partial charge in [-0.25, -0.2) is 0 Å². The average Bonchev–Trinajstić information content (AvgIpc) is 3.73. The maximum atomic E-state index is 3.73. The van der Waals surface area contributed by atoms with E-state index in [9.17, 15) is 0 Å². The molecule has 0 amide bonds. The number of benzene rings is 11. The molecule has 354 valence electrons. The van der Waals surface area contributed by atoms with E-state index in [1.807, 2.05) is 0 Å². The first-order chi connectivity index (χ1) is 36.4. The van der Waals surface area contributed by atoms with Crippen LogP contribution in [0.5, 0.6) is 0 Å². The molecular weight excluding hydrogens is 897 g/mol. The number of nitrogens with zero attached hydrogens (tertiary/aromatic N) is 3. The molecule has 0 saturated heterocycles. The Morgan fingerprint density at radius 1 is 0.392 bits per heavy atom. The normalized spacial score (nSPS) is 15.1. The minimum absolute atomic E-state index is 0.0957. The SMILES string of the molecule is CN1c2ccccc2N(c2ccc3c(-c4cccc5ccccc45)c4cc(N5c6ccccc6Nc6ccccc65)ccc4c(-c4ccc(-c5ccc6c(c5)C5=C(CCCC5)C6(C)C)cc4)c3c2)c2ccccc21. The molecule has 4 aliphatic rings. The summed E-state index contributed by atoms with van der Waals surface area (Å²) in [5, 5.41) is 11.0. The number of para-hydroxylation sites is 8. The van der Waals surface area contributed by atoms with Gasteiger partial charge in [0.05, 0.1) is 45.5 Å². The molecule has 74 heavy (non-hydrogen) atoms. The lowest BCUT2D eigenvalue weighted by atomic mass is 9.77. The lowest BCUT2D eigenvalue weighted by Crippen LogP contribution is -2.23. The number of allylic oxidation sites excluding steroid dienone is 2. The van der Waals surface area contributed by atoms with Gasteiger partial charge in [0.15, 0.2) is 0 Å². The van der Waals surface area contributed by atoms with Gasteiger partial charge in [-0.15, -0.1) is 0 Å². The van der Waals surface area contributed by atoms with Crippen LogP contribution in [0.2, 0.25) is 0 Å². The van der Waals surface area contributed by atoms with Crippen molar-refractivity contribution in [2.24, 2.45) is 0 Å². The first-order valence-electron chi connectivity index (χ1n) is 26.4. The molecule has 4 heteroatoms. The zero-order chi connectivity index (χ0) is 49.2. The van der Waals surface area contributed by atoms with E-state index in [1.165, 1.54) is 114 Å². The zero-order valence-electron chi connectivity index (χ0n) is 42.0. The quantitative estimate of drug-likeness (QED) is 0.174. The molecule has 1 N–H and O–H groups in total. The zero-order valence-corrected chi connectivity index (χ0v) is 42.0. The van der Waals surface area contributed by atoms with E-state index in [2.05, 4.69) is 259 Å². The Labute approximate surface area is 433 Å². The molecule has 0 fully saturated rings. The maximum Gasteiger partial charge on any atom is 0.0699 e. The van der Waals surface area contributed by atoms with Gasteiger partial charge in [0, 0.05) is 23.8 Å². The van der Waals surface area contributed by atoms with Crippen LogP contribution < -0.4 is 20.0 Å². The summed E-state index contributed by atoms with van der Waals surface area (Å²) in [7, 11) is 2.18. The van der Waals surface area contributed by atoms with Crippen LogP contribution in [-0.2, 0) is 5.41 Å². The number of rotatable bonds is 5. The topological polar surface area (TPSA) is 21.8 Å². The van der Waals surface area contributed by atoms with E-state index in [0.717, 1.165) is 45.5 Å². The first kappa shape index (κ1) is 42.8. The highest BCUT2D eigenvalue weighted by Gasteiger charge is 2.38. The third kappa shape index (κ3) is 6.34. The van der Waals surface area contributed by atoms with E-state index in [0.29, 0.717) is 0 Å². The Morgan fingerprint density at radius 3 is 1.61 bits per heavy atom. The fourth-order valence-corrected chi connectivity index (χ4v) is 13.4. The molecule has 4 nitrogen and oxygen atoms in total. The number of fused-ring (bicyclic) bond motifs is 9. The Hall–Kier alpha value is -8.86. The fraction of sp³-hybridized carbons (Fsp3) is 0.114. The minimum Gasteiger partial charge on any atom is -0.352 e. The Bertz CT molecular complexity index is 4080. The van der Waals surface area contributed by atoms with Crippen LogP contribution in [0.15, 0.2) is 224 Å². The molecule has 0 spiro atoms. The minimum atomic E-state index is 0.0957. The summed E-state index contributed by atoms with van der Waals surface area (Å²) < 4.78 is 0. The molecule has 2 heterocycles. The second-order valence-electron chi connectivity index (χ2n) is 21.2. The van der Waals surface area contributed by atoms with Gasteiger partial charge in [-0.2, -0.15) is 0 Å². The van der Waals surface area contributed by atoms with Crippen LogP contribution in [0.1, 0.15) is 50.7 Å². The van der Waals surface area contributed by atoms with Gasteiger partial charge >= 0.3 is 0 Å². The predicted octanol–water partition coefficient (Wildman–Crippen LogP) is 19.8. The molecule has 2 aliphatic heterocycles. The van der Waals surface area contributed by atoms with Crippen molar-refractivity contribution in [1.29, 1.82) is 0 Å². The summed E-state index contributed by atoms with van der Waals surface area (Å²) in [4.78, 5) is 7.21. The van der Waals surface area contributed by atoms with Crippen molar-refractivity contribution in [2.75, 3.05) is 27.1 Å². The van der Waals surface area contributed by atoms with Crippen LogP contribution in [0.25, 0.3) is 71.3 Å². The largest absolute Gasteiger partial charge is 0.352 e. The van der Waals surface area contributed by atoms with Crippen molar-refractivity contribution >= 4 is 94.8 Å². The van der Waals surface area contributed by atoms with Gasteiger partial charge in [-0.3, -0.25) is 0 Å². The summed E-state index contributed by atoms with van der Waals surface area (Å²) in [6.45, 7) is 4.87. The van der Waals surface area contributed by atoms with Crippen molar-refractivity contribution in [2.45, 2.75) is 44.9 Å². The molecule has 11 aromatic carbocycles. The summed E-state index contributed by atoms with van der Waals surface area (Å²) in [6, 6.07) is 81.8. The number of hydrogen-bond acceptors (Lipinski definition) is 4. The van der Waals surface area contributed by atoms with E-state index < -0.39 is 0 Å². The smallest absolute Gasteiger partial charge is 0.0699 e.